The zero-order chi connectivity index (χ0) is 17.5. The van der Waals surface area contributed by atoms with Gasteiger partial charge >= 0.3 is 0 Å². The Balaban J connectivity index is 1.21. The van der Waals surface area contributed by atoms with E-state index >= 15 is 0 Å². The van der Waals surface area contributed by atoms with Gasteiger partial charge in [-0.3, -0.25) is 4.79 Å². The summed E-state index contributed by atoms with van der Waals surface area (Å²) in [5, 5.41) is 0. The highest BCUT2D eigenvalue weighted by molar-refractivity contribution is 5.83. The molecule has 2 aromatic heterocycles. The summed E-state index contributed by atoms with van der Waals surface area (Å²) in [6.45, 7) is 2.90. The van der Waals surface area contributed by atoms with Crippen LogP contribution in [0.3, 0.4) is 0 Å². The third kappa shape index (κ3) is 2.71. The van der Waals surface area contributed by atoms with Crippen LogP contribution in [0.25, 0.3) is 11.2 Å². The molecule has 1 saturated heterocycles. The summed E-state index contributed by atoms with van der Waals surface area (Å²) in [6.07, 6.45) is 2.68. The molecule has 2 atom stereocenters. The van der Waals surface area contributed by atoms with E-state index in [9.17, 15) is 4.79 Å². The minimum absolute atomic E-state index is 0.150. The highest BCUT2D eigenvalue weighted by Gasteiger charge is 2.46. The van der Waals surface area contributed by atoms with E-state index in [0.717, 1.165) is 19.5 Å². The second-order valence-corrected chi connectivity index (χ2v) is 6.99. The lowest BCUT2D eigenvalue weighted by atomic mass is 10.1. The predicted octanol–water partition coefficient (Wildman–Crippen LogP) is 2.68. The van der Waals surface area contributed by atoms with Gasteiger partial charge in [0.15, 0.2) is 5.58 Å². The largest absolute Gasteiger partial charge is 0.422 e. The number of benzene rings is 1. The number of pyridine rings is 1. The molecule has 0 bridgehead atoms. The van der Waals surface area contributed by atoms with Crippen molar-refractivity contribution in [1.82, 2.24) is 14.9 Å². The lowest BCUT2D eigenvalue weighted by molar-refractivity contribution is -0.133. The van der Waals surface area contributed by atoms with E-state index in [-0.39, 0.29) is 11.8 Å². The van der Waals surface area contributed by atoms with Crippen molar-refractivity contribution < 1.29 is 9.21 Å². The molecule has 6 heteroatoms. The number of piperazine rings is 1. The summed E-state index contributed by atoms with van der Waals surface area (Å²) in [5.41, 5.74) is 2.61. The molecule has 6 nitrogen and oxygen atoms in total. The van der Waals surface area contributed by atoms with Crippen LogP contribution in [0.4, 0.5) is 6.01 Å². The van der Waals surface area contributed by atoms with Crippen molar-refractivity contribution in [3.63, 3.8) is 0 Å². The third-order valence-electron chi connectivity index (χ3n) is 5.35. The third-order valence-corrected chi connectivity index (χ3v) is 5.35. The van der Waals surface area contributed by atoms with Gasteiger partial charge in [0.05, 0.1) is 0 Å². The van der Waals surface area contributed by atoms with Crippen molar-refractivity contribution in [3.8, 4) is 0 Å². The molecule has 5 rings (SSSR count). The predicted molar refractivity (Wildman–Crippen MR) is 97.9 cm³/mol. The van der Waals surface area contributed by atoms with Crippen LogP contribution in [-0.4, -0.2) is 47.0 Å². The Labute approximate surface area is 151 Å². The van der Waals surface area contributed by atoms with E-state index < -0.39 is 0 Å². The van der Waals surface area contributed by atoms with Crippen molar-refractivity contribution in [3.05, 3.63) is 54.2 Å². The van der Waals surface area contributed by atoms with Gasteiger partial charge in [0.2, 0.25) is 11.6 Å². The fraction of sp³-hybridized carbons (Fsp3) is 0.350. The number of anilines is 1. The number of oxazole rings is 1. The van der Waals surface area contributed by atoms with E-state index in [1.54, 1.807) is 6.20 Å². The van der Waals surface area contributed by atoms with Gasteiger partial charge in [-0.15, -0.1) is 0 Å². The van der Waals surface area contributed by atoms with Crippen LogP contribution in [0.5, 0.6) is 0 Å². The van der Waals surface area contributed by atoms with Gasteiger partial charge in [-0.25, -0.2) is 4.98 Å². The molecule has 0 spiro atoms. The van der Waals surface area contributed by atoms with Crippen molar-refractivity contribution in [2.75, 3.05) is 31.1 Å². The van der Waals surface area contributed by atoms with E-state index in [1.807, 2.05) is 35.2 Å². The van der Waals surface area contributed by atoms with Crippen molar-refractivity contribution in [2.45, 2.75) is 12.3 Å². The summed E-state index contributed by atoms with van der Waals surface area (Å²) in [4.78, 5) is 25.5. The summed E-state index contributed by atoms with van der Waals surface area (Å²) < 4.78 is 5.79. The maximum Gasteiger partial charge on any atom is 0.300 e. The van der Waals surface area contributed by atoms with Gasteiger partial charge in [-0.2, -0.15) is 4.98 Å². The summed E-state index contributed by atoms with van der Waals surface area (Å²) in [7, 11) is 0. The number of nitrogens with zero attached hydrogens (tertiary/aromatic N) is 4. The smallest absolute Gasteiger partial charge is 0.300 e. The number of rotatable bonds is 3. The highest BCUT2D eigenvalue weighted by atomic mass is 16.4. The lowest BCUT2D eigenvalue weighted by Gasteiger charge is -2.34. The molecule has 1 aromatic carbocycles. The summed E-state index contributed by atoms with van der Waals surface area (Å²) >= 11 is 0. The van der Waals surface area contributed by atoms with E-state index in [2.05, 4.69) is 27.0 Å². The Morgan fingerprint density at radius 3 is 2.62 bits per heavy atom. The highest BCUT2D eigenvalue weighted by Crippen LogP contribution is 2.48. The first-order chi connectivity index (χ1) is 12.8. The Bertz CT molecular complexity index is 898. The number of carbonyl (C=O) groups excluding carboxylic acids is 1. The SMILES string of the molecule is O=C([C@@H]1C[C@H]1c1ccccc1)N1CCN(c2nc3ncccc3o2)CC1. The Hall–Kier alpha value is -2.89. The normalized spacial score (nSPS) is 22.6. The summed E-state index contributed by atoms with van der Waals surface area (Å²) in [5.74, 6) is 0.833. The standard InChI is InChI=1S/C20H20N4O2/c25-19(16-13-15(16)14-5-2-1-3-6-14)23-9-11-24(12-10-23)20-22-18-17(26-20)7-4-8-21-18/h1-8,15-16H,9-13H2/t15-,16+/m0/s1. The average molecular weight is 348 g/mol. The molecular weight excluding hydrogens is 328 g/mol. The minimum atomic E-state index is 0.150. The molecule has 2 aliphatic rings. The molecule has 2 fully saturated rings. The second kappa shape index (κ2) is 6.12. The summed E-state index contributed by atoms with van der Waals surface area (Å²) in [6, 6.07) is 14.7. The number of carbonyl (C=O) groups is 1. The first kappa shape index (κ1) is 15.4. The van der Waals surface area contributed by atoms with Crippen LogP contribution < -0.4 is 4.90 Å². The first-order valence-electron chi connectivity index (χ1n) is 9.10. The number of amides is 1. The Morgan fingerprint density at radius 1 is 1.04 bits per heavy atom. The van der Waals surface area contributed by atoms with Gasteiger partial charge in [0.1, 0.15) is 0 Å². The van der Waals surface area contributed by atoms with Gasteiger partial charge in [0, 0.05) is 38.3 Å². The van der Waals surface area contributed by atoms with Crippen LogP contribution in [0, 0.1) is 5.92 Å². The molecule has 1 amide bonds. The van der Waals surface area contributed by atoms with E-state index in [0.29, 0.717) is 36.3 Å². The van der Waals surface area contributed by atoms with Gasteiger partial charge in [-0.1, -0.05) is 30.3 Å². The molecule has 0 unspecified atom stereocenters. The molecule has 3 aromatic rings. The first-order valence-corrected chi connectivity index (χ1v) is 9.10. The van der Waals surface area contributed by atoms with Crippen LogP contribution in [0.1, 0.15) is 17.9 Å². The van der Waals surface area contributed by atoms with Crippen LogP contribution in [0.15, 0.2) is 53.1 Å². The maximum absolute atomic E-state index is 12.8. The molecule has 1 aliphatic carbocycles. The fourth-order valence-electron chi connectivity index (χ4n) is 3.78. The molecule has 0 N–H and O–H groups in total. The van der Waals surface area contributed by atoms with E-state index in [1.165, 1.54) is 5.56 Å². The van der Waals surface area contributed by atoms with Gasteiger partial charge < -0.3 is 14.2 Å². The van der Waals surface area contributed by atoms with E-state index in [4.69, 9.17) is 4.42 Å². The Morgan fingerprint density at radius 2 is 1.85 bits per heavy atom. The molecule has 26 heavy (non-hydrogen) atoms. The molecular formula is C20H20N4O2. The zero-order valence-electron chi connectivity index (χ0n) is 14.4. The maximum atomic E-state index is 12.8. The quantitative estimate of drug-likeness (QED) is 0.728. The van der Waals surface area contributed by atoms with Gasteiger partial charge in [-0.05, 0) is 30.0 Å². The second-order valence-electron chi connectivity index (χ2n) is 6.99. The molecule has 3 heterocycles. The monoisotopic (exact) mass is 348 g/mol. The van der Waals surface area contributed by atoms with Crippen LogP contribution in [0.2, 0.25) is 0 Å². The number of hydrogen-bond donors (Lipinski definition) is 0. The van der Waals surface area contributed by atoms with Crippen LogP contribution >= 0.6 is 0 Å². The lowest BCUT2D eigenvalue weighted by Crippen LogP contribution is -2.49. The minimum Gasteiger partial charge on any atom is -0.422 e. The molecule has 132 valence electrons. The molecule has 1 saturated carbocycles. The number of fused-ring (bicyclic) bond motifs is 1. The average Bonchev–Trinajstić information content (AvgIpc) is 3.39. The topological polar surface area (TPSA) is 62.5 Å². The molecule has 1 aliphatic heterocycles. The number of aromatic nitrogens is 2. The Kier molecular flexibility index (Phi) is 3.62. The van der Waals surface area contributed by atoms with Crippen molar-refractivity contribution in [2.24, 2.45) is 5.92 Å². The molecule has 0 radical (unpaired) electrons. The van der Waals surface area contributed by atoms with Crippen molar-refractivity contribution in [1.29, 1.82) is 0 Å². The van der Waals surface area contributed by atoms with Crippen molar-refractivity contribution >= 4 is 23.2 Å². The fourth-order valence-corrected chi connectivity index (χ4v) is 3.78. The number of hydrogen-bond acceptors (Lipinski definition) is 5. The zero-order valence-corrected chi connectivity index (χ0v) is 14.4. The van der Waals surface area contributed by atoms with Crippen LogP contribution in [-0.2, 0) is 4.79 Å². The van der Waals surface area contributed by atoms with Gasteiger partial charge in [0.25, 0.3) is 6.01 Å².